The van der Waals surface area contributed by atoms with Crippen molar-refractivity contribution < 1.29 is 0 Å². The van der Waals surface area contributed by atoms with E-state index < -0.39 is 0 Å². The molecule has 0 saturated carbocycles. The van der Waals surface area contributed by atoms with Crippen molar-refractivity contribution in [3.63, 3.8) is 0 Å². The zero-order chi connectivity index (χ0) is 12.4. The average Bonchev–Trinajstić information content (AvgIpc) is 2.33. The van der Waals surface area contributed by atoms with Crippen molar-refractivity contribution in [1.82, 2.24) is 9.55 Å². The Labute approximate surface area is 101 Å². The summed E-state index contributed by atoms with van der Waals surface area (Å²) in [5.41, 5.74) is 3.53. The van der Waals surface area contributed by atoms with Crippen molar-refractivity contribution in [3.8, 4) is 0 Å². The van der Waals surface area contributed by atoms with E-state index >= 15 is 0 Å². The molecule has 0 unspecified atom stereocenters. The van der Waals surface area contributed by atoms with Crippen LogP contribution in [0, 0.1) is 20.8 Å². The van der Waals surface area contributed by atoms with Gasteiger partial charge in [-0.25, -0.2) is 0 Å². The summed E-state index contributed by atoms with van der Waals surface area (Å²) in [5.74, 6) is 0. The predicted molar refractivity (Wildman–Crippen MR) is 68.3 cm³/mol. The minimum absolute atomic E-state index is 0.00282. The first kappa shape index (κ1) is 11.6. The summed E-state index contributed by atoms with van der Waals surface area (Å²) >= 11 is 0. The summed E-state index contributed by atoms with van der Waals surface area (Å²) < 4.78 is 1.78. The Morgan fingerprint density at radius 1 is 1.06 bits per heavy atom. The Morgan fingerprint density at radius 3 is 2.35 bits per heavy atom. The summed E-state index contributed by atoms with van der Waals surface area (Å²) in [6.07, 6.45) is 0. The number of hydrogen-bond acceptors (Lipinski definition) is 2. The van der Waals surface area contributed by atoms with Crippen LogP contribution in [0.1, 0.15) is 22.6 Å². The van der Waals surface area contributed by atoms with Gasteiger partial charge in [0.15, 0.2) is 0 Å². The average molecular weight is 228 g/mol. The number of aryl methyl sites for hydroxylation is 2. The smallest absolute Gasteiger partial charge is 0.272 e. The molecule has 0 N–H and O–H groups in total. The van der Waals surface area contributed by atoms with Gasteiger partial charge in [-0.1, -0.05) is 30.3 Å². The molecule has 0 aliphatic rings. The first-order chi connectivity index (χ1) is 8.09. The topological polar surface area (TPSA) is 34.9 Å². The molecule has 0 amide bonds. The Balaban J connectivity index is 2.50. The summed E-state index contributed by atoms with van der Waals surface area (Å²) in [5, 5.41) is 0. The lowest BCUT2D eigenvalue weighted by Crippen LogP contribution is -2.27. The molecule has 3 heteroatoms. The lowest BCUT2D eigenvalue weighted by Gasteiger charge is -2.12. The van der Waals surface area contributed by atoms with Crippen LogP contribution in [-0.4, -0.2) is 9.55 Å². The molecule has 0 bridgehead atoms. The molecule has 0 spiro atoms. The van der Waals surface area contributed by atoms with E-state index in [-0.39, 0.29) is 5.56 Å². The molecule has 0 atom stereocenters. The van der Waals surface area contributed by atoms with Gasteiger partial charge in [0.25, 0.3) is 5.56 Å². The van der Waals surface area contributed by atoms with Crippen molar-refractivity contribution >= 4 is 0 Å². The predicted octanol–water partition coefficient (Wildman–Crippen LogP) is 2.22. The lowest BCUT2D eigenvalue weighted by atomic mass is 10.2. The molecule has 3 nitrogen and oxygen atoms in total. The van der Waals surface area contributed by atoms with Gasteiger partial charge in [0, 0.05) is 5.69 Å². The Morgan fingerprint density at radius 2 is 1.71 bits per heavy atom. The van der Waals surface area contributed by atoms with E-state index in [1.807, 2.05) is 44.2 Å². The number of hydrogen-bond donors (Lipinski definition) is 0. The third-order valence-corrected chi connectivity index (χ3v) is 3.00. The number of benzene rings is 1. The molecule has 1 aromatic heterocycles. The van der Waals surface area contributed by atoms with Crippen LogP contribution in [0.4, 0.5) is 0 Å². The Hall–Kier alpha value is -1.90. The number of rotatable bonds is 2. The molecule has 0 radical (unpaired) electrons. The van der Waals surface area contributed by atoms with Crippen LogP contribution in [0.5, 0.6) is 0 Å². The minimum Gasteiger partial charge on any atom is -0.305 e. The Kier molecular flexibility index (Phi) is 3.09. The van der Waals surface area contributed by atoms with Crippen LogP contribution >= 0.6 is 0 Å². The molecule has 2 aromatic rings. The SMILES string of the molecule is Cc1nc(C)c(=O)n(Cc2ccccc2)c1C. The van der Waals surface area contributed by atoms with E-state index in [0.717, 1.165) is 17.0 Å². The van der Waals surface area contributed by atoms with Crippen molar-refractivity contribution in [2.24, 2.45) is 0 Å². The third kappa shape index (κ3) is 2.28. The minimum atomic E-state index is -0.00282. The second-order valence-corrected chi connectivity index (χ2v) is 4.24. The van der Waals surface area contributed by atoms with Gasteiger partial charge in [-0.3, -0.25) is 9.78 Å². The maximum absolute atomic E-state index is 12.0. The molecule has 1 aromatic carbocycles. The van der Waals surface area contributed by atoms with E-state index in [9.17, 15) is 4.79 Å². The lowest BCUT2D eigenvalue weighted by molar-refractivity contribution is 0.698. The molecular formula is C14H16N2O. The molecule has 0 fully saturated rings. The molecular weight excluding hydrogens is 212 g/mol. The highest BCUT2D eigenvalue weighted by atomic mass is 16.1. The maximum atomic E-state index is 12.0. The zero-order valence-electron chi connectivity index (χ0n) is 10.4. The van der Waals surface area contributed by atoms with Crippen LogP contribution in [0.2, 0.25) is 0 Å². The standard InChI is InChI=1S/C14H16N2O/c1-10-12(3)16(14(17)11(2)15-10)9-13-7-5-4-6-8-13/h4-8H,9H2,1-3H3. The number of aromatic nitrogens is 2. The molecule has 0 aliphatic carbocycles. The largest absolute Gasteiger partial charge is 0.305 e. The summed E-state index contributed by atoms with van der Waals surface area (Å²) in [6, 6.07) is 9.99. The normalized spacial score (nSPS) is 10.5. The van der Waals surface area contributed by atoms with Gasteiger partial charge in [0.05, 0.1) is 12.2 Å². The van der Waals surface area contributed by atoms with E-state index in [1.54, 1.807) is 11.5 Å². The van der Waals surface area contributed by atoms with Gasteiger partial charge in [-0.05, 0) is 26.3 Å². The van der Waals surface area contributed by atoms with E-state index in [4.69, 9.17) is 0 Å². The van der Waals surface area contributed by atoms with Crippen molar-refractivity contribution in [1.29, 1.82) is 0 Å². The highest BCUT2D eigenvalue weighted by molar-refractivity contribution is 5.19. The van der Waals surface area contributed by atoms with Crippen LogP contribution in [0.3, 0.4) is 0 Å². The maximum Gasteiger partial charge on any atom is 0.272 e. The van der Waals surface area contributed by atoms with Gasteiger partial charge >= 0.3 is 0 Å². The Bertz CT molecular complexity index is 585. The molecule has 0 aliphatic heterocycles. The van der Waals surface area contributed by atoms with Gasteiger partial charge in [-0.15, -0.1) is 0 Å². The molecule has 1 heterocycles. The van der Waals surface area contributed by atoms with E-state index in [0.29, 0.717) is 12.2 Å². The van der Waals surface area contributed by atoms with Gasteiger partial charge in [0.2, 0.25) is 0 Å². The van der Waals surface area contributed by atoms with Crippen molar-refractivity contribution in [3.05, 3.63) is 63.3 Å². The third-order valence-electron chi connectivity index (χ3n) is 3.00. The van der Waals surface area contributed by atoms with Crippen molar-refractivity contribution in [2.75, 3.05) is 0 Å². The fraction of sp³-hybridized carbons (Fsp3) is 0.286. The molecule has 17 heavy (non-hydrogen) atoms. The molecule has 2 rings (SSSR count). The number of nitrogens with zero attached hydrogens (tertiary/aromatic N) is 2. The van der Waals surface area contributed by atoms with Gasteiger partial charge in [0.1, 0.15) is 5.69 Å². The van der Waals surface area contributed by atoms with Gasteiger partial charge in [-0.2, -0.15) is 0 Å². The monoisotopic (exact) mass is 228 g/mol. The van der Waals surface area contributed by atoms with E-state index in [1.165, 1.54) is 0 Å². The van der Waals surface area contributed by atoms with E-state index in [2.05, 4.69) is 4.98 Å². The second-order valence-electron chi connectivity index (χ2n) is 4.24. The van der Waals surface area contributed by atoms with Crippen LogP contribution < -0.4 is 5.56 Å². The van der Waals surface area contributed by atoms with Crippen LogP contribution in [0.25, 0.3) is 0 Å². The second kappa shape index (κ2) is 4.53. The van der Waals surface area contributed by atoms with Crippen molar-refractivity contribution in [2.45, 2.75) is 27.3 Å². The van der Waals surface area contributed by atoms with Crippen LogP contribution in [-0.2, 0) is 6.54 Å². The highest BCUT2D eigenvalue weighted by Crippen LogP contribution is 2.06. The highest BCUT2D eigenvalue weighted by Gasteiger charge is 2.08. The summed E-state index contributed by atoms with van der Waals surface area (Å²) in [4.78, 5) is 16.3. The summed E-state index contributed by atoms with van der Waals surface area (Å²) in [6.45, 7) is 6.24. The van der Waals surface area contributed by atoms with Gasteiger partial charge < -0.3 is 4.57 Å². The summed E-state index contributed by atoms with van der Waals surface area (Å²) in [7, 11) is 0. The zero-order valence-corrected chi connectivity index (χ0v) is 10.4. The molecule has 0 saturated heterocycles. The fourth-order valence-corrected chi connectivity index (χ4v) is 1.88. The quantitative estimate of drug-likeness (QED) is 0.790. The molecule has 88 valence electrons. The fourth-order valence-electron chi connectivity index (χ4n) is 1.88. The first-order valence-corrected chi connectivity index (χ1v) is 5.68. The first-order valence-electron chi connectivity index (χ1n) is 5.68. The van der Waals surface area contributed by atoms with Crippen LogP contribution in [0.15, 0.2) is 35.1 Å².